The molecule has 0 spiro atoms. The Morgan fingerprint density at radius 1 is 1.18 bits per heavy atom. The van der Waals surface area contributed by atoms with Crippen molar-refractivity contribution < 1.29 is 23.8 Å². The summed E-state index contributed by atoms with van der Waals surface area (Å²) in [7, 11) is 1.56. The molecule has 1 amide bonds. The monoisotopic (exact) mass is 524 g/mol. The van der Waals surface area contributed by atoms with Gasteiger partial charge in [0.1, 0.15) is 28.8 Å². The van der Waals surface area contributed by atoms with Crippen molar-refractivity contribution in [2.75, 3.05) is 25.5 Å². The molecule has 2 N–H and O–H groups in total. The van der Waals surface area contributed by atoms with E-state index in [-0.39, 0.29) is 11.9 Å². The van der Waals surface area contributed by atoms with Crippen LogP contribution < -0.4 is 10.1 Å². The van der Waals surface area contributed by atoms with E-state index >= 15 is 0 Å². The number of piperidine rings is 1. The third-order valence-corrected chi connectivity index (χ3v) is 6.91. The van der Waals surface area contributed by atoms with Gasteiger partial charge < -0.3 is 24.8 Å². The average molecular weight is 525 g/mol. The van der Waals surface area contributed by atoms with E-state index in [1.807, 2.05) is 39.8 Å². The standard InChI is InChI=1S/C29H37FN4O4/c1-17-9-8-10-20(25(17)30)18(2)31-26-21-15-22(24(37-7)16-23(21)32-19(3)33-26)29(36)11-13-34(14-12-29)27(35)38-28(4,5)6/h8-10,15-16,18,36H,11-14H2,1-7H3,(H,31,32,33)/t18-/m1/s1. The Bertz CT molecular complexity index is 1350. The number of fused-ring (bicyclic) bond motifs is 1. The number of carbonyl (C=O) groups excluding carboxylic acids is 1. The summed E-state index contributed by atoms with van der Waals surface area (Å²) in [5, 5.41) is 15.8. The Morgan fingerprint density at radius 3 is 2.50 bits per heavy atom. The molecule has 8 nitrogen and oxygen atoms in total. The van der Waals surface area contributed by atoms with E-state index in [0.29, 0.717) is 70.9 Å². The van der Waals surface area contributed by atoms with Crippen molar-refractivity contribution in [1.29, 1.82) is 0 Å². The molecule has 4 rings (SSSR count). The lowest BCUT2D eigenvalue weighted by Gasteiger charge is -2.39. The highest BCUT2D eigenvalue weighted by molar-refractivity contribution is 5.91. The number of benzene rings is 2. The first kappa shape index (κ1) is 27.6. The zero-order valence-corrected chi connectivity index (χ0v) is 23.2. The summed E-state index contributed by atoms with van der Waals surface area (Å²) in [4.78, 5) is 23.4. The molecule has 0 bridgehead atoms. The fourth-order valence-corrected chi connectivity index (χ4v) is 4.86. The molecule has 0 unspecified atom stereocenters. The first-order valence-corrected chi connectivity index (χ1v) is 12.9. The summed E-state index contributed by atoms with van der Waals surface area (Å²) in [5.74, 6) is 1.35. The molecule has 3 aromatic rings. The molecule has 1 saturated heterocycles. The van der Waals surface area contributed by atoms with E-state index in [1.54, 1.807) is 44.1 Å². The van der Waals surface area contributed by atoms with Crippen LogP contribution in [0.2, 0.25) is 0 Å². The molecule has 1 aliphatic heterocycles. The summed E-state index contributed by atoms with van der Waals surface area (Å²) >= 11 is 0. The third kappa shape index (κ3) is 5.67. The second-order valence-electron chi connectivity index (χ2n) is 11.0. The lowest BCUT2D eigenvalue weighted by atomic mass is 9.83. The van der Waals surface area contributed by atoms with Gasteiger partial charge in [-0.2, -0.15) is 0 Å². The molecule has 1 aromatic heterocycles. The average Bonchev–Trinajstić information content (AvgIpc) is 2.84. The van der Waals surface area contributed by atoms with Crippen molar-refractivity contribution in [3.05, 3.63) is 58.7 Å². The van der Waals surface area contributed by atoms with Crippen LogP contribution in [0.25, 0.3) is 10.9 Å². The molecule has 1 atom stereocenters. The molecule has 1 fully saturated rings. The Labute approximate surface area is 223 Å². The molecule has 204 valence electrons. The van der Waals surface area contributed by atoms with E-state index in [0.717, 1.165) is 0 Å². The van der Waals surface area contributed by atoms with Crippen LogP contribution in [0.1, 0.15) is 69.1 Å². The van der Waals surface area contributed by atoms with Crippen LogP contribution in [0.15, 0.2) is 30.3 Å². The molecule has 1 aliphatic rings. The summed E-state index contributed by atoms with van der Waals surface area (Å²) in [5.41, 5.74) is 0.539. The number of nitrogens with zero attached hydrogens (tertiary/aromatic N) is 3. The van der Waals surface area contributed by atoms with Gasteiger partial charge in [0.25, 0.3) is 0 Å². The Morgan fingerprint density at radius 2 is 1.87 bits per heavy atom. The molecule has 2 heterocycles. The number of aryl methyl sites for hydroxylation is 2. The number of likely N-dealkylation sites (tertiary alicyclic amines) is 1. The number of anilines is 1. The molecule has 2 aromatic carbocycles. The number of nitrogens with one attached hydrogen (secondary N) is 1. The minimum Gasteiger partial charge on any atom is -0.496 e. The normalized spacial score (nSPS) is 16.3. The van der Waals surface area contributed by atoms with Crippen LogP contribution in [0.3, 0.4) is 0 Å². The zero-order valence-electron chi connectivity index (χ0n) is 23.2. The van der Waals surface area contributed by atoms with Gasteiger partial charge in [0.2, 0.25) is 0 Å². The lowest BCUT2D eigenvalue weighted by Crippen LogP contribution is -2.46. The molecular formula is C29H37FN4O4. The van der Waals surface area contributed by atoms with Gasteiger partial charge in [-0.3, -0.25) is 0 Å². The van der Waals surface area contributed by atoms with Crippen LogP contribution in [0.5, 0.6) is 5.75 Å². The van der Waals surface area contributed by atoms with Crippen LogP contribution in [-0.2, 0) is 10.3 Å². The number of rotatable bonds is 5. The van der Waals surface area contributed by atoms with Gasteiger partial charge in [-0.15, -0.1) is 0 Å². The van der Waals surface area contributed by atoms with Crippen molar-refractivity contribution in [1.82, 2.24) is 14.9 Å². The van der Waals surface area contributed by atoms with Gasteiger partial charge >= 0.3 is 6.09 Å². The van der Waals surface area contributed by atoms with Crippen LogP contribution >= 0.6 is 0 Å². The molecule has 0 radical (unpaired) electrons. The number of carbonyl (C=O) groups is 1. The van der Waals surface area contributed by atoms with Gasteiger partial charge in [-0.25, -0.2) is 19.2 Å². The topological polar surface area (TPSA) is 96.8 Å². The van der Waals surface area contributed by atoms with Crippen molar-refractivity contribution >= 4 is 22.8 Å². The zero-order chi connectivity index (χ0) is 27.8. The molecular weight excluding hydrogens is 487 g/mol. The SMILES string of the molecule is COc1cc2nc(C)nc(N[C@H](C)c3cccc(C)c3F)c2cc1C1(O)CCN(C(=O)OC(C)(C)C)CC1. The van der Waals surface area contributed by atoms with Gasteiger partial charge in [0.15, 0.2) is 0 Å². The number of aromatic nitrogens is 2. The molecule has 9 heteroatoms. The highest BCUT2D eigenvalue weighted by Crippen LogP contribution is 2.41. The number of aliphatic hydroxyl groups is 1. The lowest BCUT2D eigenvalue weighted by molar-refractivity contribution is -0.0366. The predicted octanol–water partition coefficient (Wildman–Crippen LogP) is 5.79. The van der Waals surface area contributed by atoms with Crippen LogP contribution in [0, 0.1) is 19.7 Å². The maximum atomic E-state index is 14.8. The summed E-state index contributed by atoms with van der Waals surface area (Å²) in [6, 6.07) is 8.60. The summed E-state index contributed by atoms with van der Waals surface area (Å²) in [6.07, 6.45) is 0.237. The van der Waals surface area contributed by atoms with Crippen molar-refractivity contribution in [2.45, 2.75) is 71.6 Å². The largest absolute Gasteiger partial charge is 0.496 e. The van der Waals surface area contributed by atoms with E-state index in [2.05, 4.69) is 15.3 Å². The van der Waals surface area contributed by atoms with Crippen molar-refractivity contribution in [3.63, 3.8) is 0 Å². The summed E-state index contributed by atoms with van der Waals surface area (Å²) < 4.78 is 26.0. The maximum Gasteiger partial charge on any atom is 0.410 e. The smallest absolute Gasteiger partial charge is 0.410 e. The fourth-order valence-electron chi connectivity index (χ4n) is 4.86. The summed E-state index contributed by atoms with van der Waals surface area (Å²) in [6.45, 7) is 11.6. The number of methoxy groups -OCH3 is 1. The predicted molar refractivity (Wildman–Crippen MR) is 145 cm³/mol. The Kier molecular flexibility index (Phi) is 7.52. The Balaban J connectivity index is 1.68. The molecule has 0 saturated carbocycles. The third-order valence-electron chi connectivity index (χ3n) is 6.91. The molecule has 38 heavy (non-hydrogen) atoms. The highest BCUT2D eigenvalue weighted by Gasteiger charge is 2.39. The first-order valence-electron chi connectivity index (χ1n) is 12.9. The van der Waals surface area contributed by atoms with E-state index < -0.39 is 17.3 Å². The van der Waals surface area contributed by atoms with Crippen LogP contribution in [-0.4, -0.2) is 51.9 Å². The van der Waals surface area contributed by atoms with Gasteiger partial charge in [-0.05, 0) is 66.0 Å². The number of ether oxygens (including phenoxy) is 2. The van der Waals surface area contributed by atoms with E-state index in [9.17, 15) is 14.3 Å². The minimum atomic E-state index is -1.23. The Hall–Kier alpha value is -3.46. The second kappa shape index (κ2) is 10.4. The van der Waals surface area contributed by atoms with Crippen molar-refractivity contribution in [3.8, 4) is 5.75 Å². The minimum absolute atomic E-state index is 0.254. The second-order valence-corrected chi connectivity index (χ2v) is 11.0. The number of hydrogen-bond donors (Lipinski definition) is 2. The first-order chi connectivity index (χ1) is 17.8. The van der Waals surface area contributed by atoms with Crippen molar-refractivity contribution in [2.24, 2.45) is 0 Å². The number of halogens is 1. The highest BCUT2D eigenvalue weighted by atomic mass is 19.1. The maximum absolute atomic E-state index is 14.8. The fraction of sp³-hybridized carbons (Fsp3) is 0.483. The molecule has 0 aliphatic carbocycles. The van der Waals surface area contributed by atoms with Gasteiger partial charge in [0.05, 0.1) is 24.3 Å². The number of hydrogen-bond acceptors (Lipinski definition) is 7. The quantitative estimate of drug-likeness (QED) is 0.436. The van der Waals surface area contributed by atoms with Gasteiger partial charge in [0, 0.05) is 35.7 Å². The van der Waals surface area contributed by atoms with Gasteiger partial charge in [-0.1, -0.05) is 18.2 Å². The number of amides is 1. The van der Waals surface area contributed by atoms with E-state index in [4.69, 9.17) is 9.47 Å². The van der Waals surface area contributed by atoms with E-state index in [1.165, 1.54) is 0 Å². The van der Waals surface area contributed by atoms with Crippen LogP contribution in [0.4, 0.5) is 15.0 Å².